The van der Waals surface area contributed by atoms with E-state index in [9.17, 15) is 4.39 Å². The molecule has 0 atom stereocenters. The SMILES string of the molecule is CC(C)NCc1cnc(-c2ccc(F)c(Br)c2)nc1. The average molecular weight is 324 g/mol. The summed E-state index contributed by atoms with van der Waals surface area (Å²) in [6, 6.07) is 5.17. The summed E-state index contributed by atoms with van der Waals surface area (Å²) in [6.45, 7) is 4.92. The molecule has 0 radical (unpaired) electrons. The van der Waals surface area contributed by atoms with Crippen LogP contribution in [0.5, 0.6) is 0 Å². The quantitative estimate of drug-likeness (QED) is 0.935. The highest BCUT2D eigenvalue weighted by Crippen LogP contribution is 2.22. The molecular formula is C14H15BrFN3. The summed E-state index contributed by atoms with van der Waals surface area (Å²) < 4.78 is 13.6. The number of benzene rings is 1. The second-order valence-corrected chi connectivity index (χ2v) is 5.43. The van der Waals surface area contributed by atoms with Crippen LogP contribution in [0.4, 0.5) is 4.39 Å². The van der Waals surface area contributed by atoms with Gasteiger partial charge in [0.05, 0.1) is 4.47 Å². The van der Waals surface area contributed by atoms with Gasteiger partial charge in [0.1, 0.15) is 5.82 Å². The third-order valence-electron chi connectivity index (χ3n) is 2.60. The van der Waals surface area contributed by atoms with E-state index in [0.717, 1.165) is 17.7 Å². The van der Waals surface area contributed by atoms with Crippen molar-refractivity contribution in [2.24, 2.45) is 0 Å². The normalized spacial score (nSPS) is 11.0. The maximum Gasteiger partial charge on any atom is 0.159 e. The first kappa shape index (κ1) is 14.1. The van der Waals surface area contributed by atoms with Crippen molar-refractivity contribution in [3.63, 3.8) is 0 Å². The van der Waals surface area contributed by atoms with Crippen molar-refractivity contribution in [2.45, 2.75) is 26.4 Å². The lowest BCUT2D eigenvalue weighted by atomic mass is 10.2. The Morgan fingerprint density at radius 1 is 1.26 bits per heavy atom. The van der Waals surface area contributed by atoms with Gasteiger partial charge in [-0.2, -0.15) is 0 Å². The van der Waals surface area contributed by atoms with Crippen LogP contribution in [0, 0.1) is 5.82 Å². The molecule has 3 nitrogen and oxygen atoms in total. The van der Waals surface area contributed by atoms with Gasteiger partial charge in [0.15, 0.2) is 5.82 Å². The molecule has 100 valence electrons. The first-order chi connectivity index (χ1) is 9.06. The largest absolute Gasteiger partial charge is 0.310 e. The monoisotopic (exact) mass is 323 g/mol. The van der Waals surface area contributed by atoms with Gasteiger partial charge in [-0.05, 0) is 34.1 Å². The number of hydrogen-bond donors (Lipinski definition) is 1. The molecule has 0 aliphatic rings. The Hall–Kier alpha value is -1.33. The standard InChI is InChI=1S/C14H15BrFN3/c1-9(2)17-6-10-7-18-14(19-8-10)11-3-4-13(16)12(15)5-11/h3-5,7-9,17H,6H2,1-2H3. The van der Waals surface area contributed by atoms with Gasteiger partial charge >= 0.3 is 0 Å². The van der Waals surface area contributed by atoms with E-state index in [1.54, 1.807) is 24.5 Å². The van der Waals surface area contributed by atoms with Gasteiger partial charge in [-0.3, -0.25) is 0 Å². The Balaban J connectivity index is 2.15. The minimum atomic E-state index is -0.290. The van der Waals surface area contributed by atoms with E-state index in [2.05, 4.69) is 45.1 Å². The smallest absolute Gasteiger partial charge is 0.159 e. The van der Waals surface area contributed by atoms with Gasteiger partial charge in [-0.1, -0.05) is 13.8 Å². The summed E-state index contributed by atoms with van der Waals surface area (Å²) in [5, 5.41) is 3.30. The number of rotatable bonds is 4. The molecule has 5 heteroatoms. The summed E-state index contributed by atoms with van der Waals surface area (Å²) in [5.74, 6) is 0.301. The molecule has 0 saturated heterocycles. The van der Waals surface area contributed by atoms with Crippen molar-refractivity contribution in [1.29, 1.82) is 0 Å². The predicted octanol–water partition coefficient (Wildman–Crippen LogP) is 3.54. The number of nitrogens with zero attached hydrogens (tertiary/aromatic N) is 2. The molecule has 19 heavy (non-hydrogen) atoms. The van der Waals surface area contributed by atoms with Crippen molar-refractivity contribution in [2.75, 3.05) is 0 Å². The van der Waals surface area contributed by atoms with E-state index in [-0.39, 0.29) is 5.82 Å². The highest BCUT2D eigenvalue weighted by atomic mass is 79.9. The van der Waals surface area contributed by atoms with Gasteiger partial charge in [-0.15, -0.1) is 0 Å². The number of nitrogens with one attached hydrogen (secondary N) is 1. The minimum Gasteiger partial charge on any atom is -0.310 e. The van der Waals surface area contributed by atoms with E-state index in [1.807, 2.05) is 0 Å². The summed E-state index contributed by atoms with van der Waals surface area (Å²) in [4.78, 5) is 8.61. The maximum atomic E-state index is 13.2. The van der Waals surface area contributed by atoms with Crippen LogP contribution in [-0.4, -0.2) is 16.0 Å². The fourth-order valence-corrected chi connectivity index (χ4v) is 1.93. The lowest BCUT2D eigenvalue weighted by Gasteiger charge is -2.08. The average Bonchev–Trinajstić information content (AvgIpc) is 2.40. The van der Waals surface area contributed by atoms with E-state index in [0.29, 0.717) is 16.3 Å². The highest BCUT2D eigenvalue weighted by molar-refractivity contribution is 9.10. The Labute approximate surface area is 120 Å². The molecule has 0 saturated carbocycles. The van der Waals surface area contributed by atoms with Crippen LogP contribution in [0.3, 0.4) is 0 Å². The van der Waals surface area contributed by atoms with E-state index < -0.39 is 0 Å². The molecule has 0 aliphatic heterocycles. The Morgan fingerprint density at radius 2 is 1.95 bits per heavy atom. The van der Waals surface area contributed by atoms with Crippen molar-refractivity contribution in [3.8, 4) is 11.4 Å². The minimum absolute atomic E-state index is 0.290. The molecule has 1 aromatic carbocycles. The summed E-state index contributed by atoms with van der Waals surface area (Å²) in [6.07, 6.45) is 3.57. The van der Waals surface area contributed by atoms with E-state index in [4.69, 9.17) is 0 Å². The summed E-state index contributed by atoms with van der Waals surface area (Å²) in [5.41, 5.74) is 1.82. The van der Waals surface area contributed by atoms with Gasteiger partial charge in [0.25, 0.3) is 0 Å². The van der Waals surface area contributed by atoms with Gasteiger partial charge in [-0.25, -0.2) is 14.4 Å². The molecule has 0 amide bonds. The van der Waals surface area contributed by atoms with Crippen LogP contribution in [-0.2, 0) is 6.54 Å². The first-order valence-electron chi connectivity index (χ1n) is 6.06. The Morgan fingerprint density at radius 3 is 2.53 bits per heavy atom. The molecule has 2 rings (SSSR count). The summed E-state index contributed by atoms with van der Waals surface area (Å²) in [7, 11) is 0. The molecule has 0 fully saturated rings. The highest BCUT2D eigenvalue weighted by Gasteiger charge is 2.05. The molecule has 1 N–H and O–H groups in total. The summed E-state index contributed by atoms with van der Waals surface area (Å²) >= 11 is 3.16. The van der Waals surface area contributed by atoms with Crippen LogP contribution in [0.15, 0.2) is 35.1 Å². The third kappa shape index (κ3) is 3.81. The van der Waals surface area contributed by atoms with Gasteiger partial charge in [0.2, 0.25) is 0 Å². The van der Waals surface area contributed by atoms with Crippen LogP contribution < -0.4 is 5.32 Å². The molecule has 2 aromatic rings. The zero-order valence-corrected chi connectivity index (χ0v) is 12.4. The zero-order valence-electron chi connectivity index (χ0n) is 10.8. The third-order valence-corrected chi connectivity index (χ3v) is 3.21. The number of hydrogen-bond acceptors (Lipinski definition) is 3. The van der Waals surface area contributed by atoms with Crippen LogP contribution >= 0.6 is 15.9 Å². The van der Waals surface area contributed by atoms with Gasteiger partial charge < -0.3 is 5.32 Å². The Bertz CT molecular complexity index is 555. The van der Waals surface area contributed by atoms with E-state index in [1.165, 1.54) is 6.07 Å². The van der Waals surface area contributed by atoms with Crippen molar-refractivity contribution >= 4 is 15.9 Å². The van der Waals surface area contributed by atoms with Crippen LogP contribution in [0.2, 0.25) is 0 Å². The number of aromatic nitrogens is 2. The van der Waals surface area contributed by atoms with Crippen molar-refractivity contribution in [1.82, 2.24) is 15.3 Å². The molecule has 0 bridgehead atoms. The number of halogens is 2. The predicted molar refractivity (Wildman–Crippen MR) is 77.1 cm³/mol. The Kier molecular flexibility index (Phi) is 4.61. The molecule has 1 aromatic heterocycles. The molecule has 0 unspecified atom stereocenters. The lowest BCUT2D eigenvalue weighted by Crippen LogP contribution is -2.21. The van der Waals surface area contributed by atoms with Crippen molar-refractivity contribution < 1.29 is 4.39 Å². The fourth-order valence-electron chi connectivity index (χ4n) is 1.55. The molecule has 0 spiro atoms. The second kappa shape index (κ2) is 6.21. The molecular weight excluding hydrogens is 309 g/mol. The first-order valence-corrected chi connectivity index (χ1v) is 6.85. The maximum absolute atomic E-state index is 13.2. The molecule has 0 aliphatic carbocycles. The molecule has 1 heterocycles. The van der Waals surface area contributed by atoms with Crippen LogP contribution in [0.25, 0.3) is 11.4 Å². The second-order valence-electron chi connectivity index (χ2n) is 4.58. The lowest BCUT2D eigenvalue weighted by molar-refractivity contribution is 0.587. The fraction of sp³-hybridized carbons (Fsp3) is 0.286. The van der Waals surface area contributed by atoms with Crippen molar-refractivity contribution in [3.05, 3.63) is 46.4 Å². The van der Waals surface area contributed by atoms with Crippen LogP contribution in [0.1, 0.15) is 19.4 Å². The van der Waals surface area contributed by atoms with E-state index >= 15 is 0 Å². The van der Waals surface area contributed by atoms with Gasteiger partial charge in [0, 0.05) is 36.1 Å². The topological polar surface area (TPSA) is 37.8 Å². The zero-order chi connectivity index (χ0) is 13.8.